The van der Waals surface area contributed by atoms with E-state index in [1.807, 2.05) is 0 Å². The van der Waals surface area contributed by atoms with Crippen molar-refractivity contribution < 1.29 is 18.3 Å². The Morgan fingerprint density at radius 1 is 1.59 bits per heavy atom. The fourth-order valence-corrected chi connectivity index (χ4v) is 1.49. The average Bonchev–Trinajstić information content (AvgIpc) is 2.98. The molecule has 0 unspecified atom stereocenters. The lowest BCUT2D eigenvalue weighted by atomic mass is 10.1. The van der Waals surface area contributed by atoms with Crippen LogP contribution in [0.25, 0.3) is 0 Å². The standard InChI is InChI=1S/C11H12F2N2O2/c1-17-11(16)5-2-8(14)10(3-6(5)12)15-9-4-7(9)13/h2-3,7,9,15H,4,14H2,1H3/t7-,9+/m0/s1. The summed E-state index contributed by atoms with van der Waals surface area (Å²) in [6, 6.07) is 1.94. The number of esters is 1. The molecule has 2 rings (SSSR count). The summed E-state index contributed by atoms with van der Waals surface area (Å²) in [6.45, 7) is 0. The third kappa shape index (κ3) is 2.30. The zero-order valence-electron chi connectivity index (χ0n) is 9.17. The fraction of sp³-hybridized carbons (Fsp3) is 0.364. The molecule has 1 aliphatic rings. The molecule has 6 heteroatoms. The molecule has 0 radical (unpaired) electrons. The van der Waals surface area contributed by atoms with Gasteiger partial charge in [-0.1, -0.05) is 0 Å². The topological polar surface area (TPSA) is 64.3 Å². The second-order valence-electron chi connectivity index (χ2n) is 3.91. The summed E-state index contributed by atoms with van der Waals surface area (Å²) in [5.74, 6) is -1.54. The number of methoxy groups -OCH3 is 1. The van der Waals surface area contributed by atoms with Gasteiger partial charge in [-0.05, 0) is 12.1 Å². The highest BCUT2D eigenvalue weighted by Gasteiger charge is 2.37. The number of nitrogen functional groups attached to an aromatic ring is 1. The maximum absolute atomic E-state index is 13.5. The minimum atomic E-state index is -0.919. The highest BCUT2D eigenvalue weighted by molar-refractivity contribution is 5.92. The zero-order valence-corrected chi connectivity index (χ0v) is 9.17. The molecule has 0 amide bonds. The van der Waals surface area contributed by atoms with E-state index < -0.39 is 18.0 Å². The first-order valence-electron chi connectivity index (χ1n) is 5.11. The Labute approximate surface area is 96.7 Å². The number of benzene rings is 1. The highest BCUT2D eigenvalue weighted by Crippen LogP contribution is 2.32. The molecule has 1 aromatic rings. The van der Waals surface area contributed by atoms with Crippen molar-refractivity contribution >= 4 is 17.3 Å². The number of nitrogens with one attached hydrogen (secondary N) is 1. The number of carbonyl (C=O) groups is 1. The second-order valence-corrected chi connectivity index (χ2v) is 3.91. The number of anilines is 2. The normalized spacial score (nSPS) is 22.1. The van der Waals surface area contributed by atoms with Gasteiger partial charge in [0.2, 0.25) is 0 Å². The van der Waals surface area contributed by atoms with Crippen LogP contribution in [0, 0.1) is 5.82 Å². The Balaban J connectivity index is 2.24. The second kappa shape index (κ2) is 4.20. The molecule has 17 heavy (non-hydrogen) atoms. The van der Waals surface area contributed by atoms with Crippen molar-refractivity contribution in [2.24, 2.45) is 0 Å². The van der Waals surface area contributed by atoms with Crippen molar-refractivity contribution in [1.29, 1.82) is 0 Å². The van der Waals surface area contributed by atoms with Crippen LogP contribution >= 0.6 is 0 Å². The number of ether oxygens (including phenoxy) is 1. The SMILES string of the molecule is COC(=O)c1cc(N)c(N[C@@H]2C[C@@H]2F)cc1F. The van der Waals surface area contributed by atoms with E-state index in [1.165, 1.54) is 6.07 Å². The lowest BCUT2D eigenvalue weighted by molar-refractivity contribution is 0.0595. The number of nitrogens with two attached hydrogens (primary N) is 1. The summed E-state index contributed by atoms with van der Waals surface area (Å²) in [6.07, 6.45) is -0.530. The van der Waals surface area contributed by atoms with Crippen LogP contribution in [-0.4, -0.2) is 25.3 Å². The van der Waals surface area contributed by atoms with Gasteiger partial charge in [-0.25, -0.2) is 13.6 Å². The van der Waals surface area contributed by atoms with Gasteiger partial charge in [0.05, 0.1) is 30.1 Å². The van der Waals surface area contributed by atoms with E-state index >= 15 is 0 Å². The minimum absolute atomic E-state index is 0.186. The Bertz CT molecular complexity index is 465. The first kappa shape index (κ1) is 11.6. The maximum atomic E-state index is 13.5. The summed E-state index contributed by atoms with van der Waals surface area (Å²) in [7, 11) is 1.15. The van der Waals surface area contributed by atoms with Crippen molar-refractivity contribution in [2.45, 2.75) is 18.6 Å². The summed E-state index contributed by atoms with van der Waals surface area (Å²) in [5, 5.41) is 2.77. The van der Waals surface area contributed by atoms with E-state index in [4.69, 9.17) is 5.73 Å². The van der Waals surface area contributed by atoms with Gasteiger partial charge in [0.25, 0.3) is 0 Å². The van der Waals surface area contributed by atoms with E-state index in [-0.39, 0.29) is 17.3 Å². The number of rotatable bonds is 3. The number of hydrogen-bond donors (Lipinski definition) is 2. The van der Waals surface area contributed by atoms with Gasteiger partial charge >= 0.3 is 5.97 Å². The van der Waals surface area contributed by atoms with E-state index in [0.29, 0.717) is 12.1 Å². The van der Waals surface area contributed by atoms with Gasteiger partial charge < -0.3 is 15.8 Å². The van der Waals surface area contributed by atoms with Gasteiger partial charge in [-0.15, -0.1) is 0 Å². The van der Waals surface area contributed by atoms with Crippen molar-refractivity contribution in [2.75, 3.05) is 18.2 Å². The molecule has 1 fully saturated rings. The molecule has 2 atom stereocenters. The zero-order chi connectivity index (χ0) is 12.6. The molecule has 92 valence electrons. The van der Waals surface area contributed by atoms with Crippen LogP contribution in [0.4, 0.5) is 20.2 Å². The minimum Gasteiger partial charge on any atom is -0.465 e. The molecule has 0 bridgehead atoms. The number of halogens is 2. The van der Waals surface area contributed by atoms with Gasteiger partial charge in [0.15, 0.2) is 0 Å². The predicted octanol–water partition coefficient (Wildman–Crippen LogP) is 1.72. The lowest BCUT2D eigenvalue weighted by Gasteiger charge is -2.10. The van der Waals surface area contributed by atoms with Crippen LogP contribution in [0.1, 0.15) is 16.8 Å². The van der Waals surface area contributed by atoms with Crippen LogP contribution in [0.3, 0.4) is 0 Å². The fourth-order valence-electron chi connectivity index (χ4n) is 1.49. The Kier molecular flexibility index (Phi) is 2.87. The lowest BCUT2D eigenvalue weighted by Crippen LogP contribution is -2.10. The smallest absolute Gasteiger partial charge is 0.340 e. The Morgan fingerprint density at radius 2 is 2.24 bits per heavy atom. The number of alkyl halides is 1. The van der Waals surface area contributed by atoms with Gasteiger partial charge in [-0.2, -0.15) is 0 Å². The third-order valence-corrected chi connectivity index (χ3v) is 2.60. The molecule has 1 aliphatic carbocycles. The van der Waals surface area contributed by atoms with Crippen molar-refractivity contribution in [3.05, 3.63) is 23.5 Å². The van der Waals surface area contributed by atoms with Gasteiger partial charge in [-0.3, -0.25) is 0 Å². The van der Waals surface area contributed by atoms with Crippen LogP contribution in [-0.2, 0) is 4.74 Å². The summed E-state index contributed by atoms with van der Waals surface area (Å²) < 4.78 is 30.6. The van der Waals surface area contributed by atoms with Crippen LogP contribution < -0.4 is 11.1 Å². The monoisotopic (exact) mass is 242 g/mol. The van der Waals surface area contributed by atoms with Gasteiger partial charge in [0.1, 0.15) is 12.0 Å². The number of hydrogen-bond acceptors (Lipinski definition) is 4. The van der Waals surface area contributed by atoms with Crippen molar-refractivity contribution in [3.8, 4) is 0 Å². The highest BCUT2D eigenvalue weighted by atomic mass is 19.1. The van der Waals surface area contributed by atoms with Crippen LogP contribution in [0.15, 0.2) is 12.1 Å². The molecule has 1 saturated carbocycles. The molecule has 0 aliphatic heterocycles. The van der Waals surface area contributed by atoms with E-state index in [1.54, 1.807) is 0 Å². The number of carbonyl (C=O) groups excluding carboxylic acids is 1. The molecule has 0 saturated heterocycles. The Morgan fingerprint density at radius 3 is 2.76 bits per heavy atom. The molecule has 4 nitrogen and oxygen atoms in total. The van der Waals surface area contributed by atoms with Crippen LogP contribution in [0.2, 0.25) is 0 Å². The first-order chi connectivity index (χ1) is 8.02. The molecular formula is C11H12F2N2O2. The quantitative estimate of drug-likeness (QED) is 0.625. The molecule has 0 aromatic heterocycles. The van der Waals surface area contributed by atoms with E-state index in [2.05, 4.69) is 10.1 Å². The van der Waals surface area contributed by atoms with E-state index in [0.717, 1.165) is 13.2 Å². The summed E-state index contributed by atoms with van der Waals surface area (Å²) >= 11 is 0. The van der Waals surface area contributed by atoms with Crippen molar-refractivity contribution in [3.63, 3.8) is 0 Å². The average molecular weight is 242 g/mol. The molecule has 0 heterocycles. The maximum Gasteiger partial charge on any atom is 0.340 e. The predicted molar refractivity (Wildman–Crippen MR) is 59.1 cm³/mol. The molecule has 1 aromatic carbocycles. The van der Waals surface area contributed by atoms with E-state index in [9.17, 15) is 13.6 Å². The molecular weight excluding hydrogens is 230 g/mol. The first-order valence-corrected chi connectivity index (χ1v) is 5.11. The summed E-state index contributed by atoms with van der Waals surface area (Å²) in [5.41, 5.74) is 5.89. The van der Waals surface area contributed by atoms with Crippen molar-refractivity contribution in [1.82, 2.24) is 0 Å². The Hall–Kier alpha value is -1.85. The third-order valence-electron chi connectivity index (χ3n) is 2.60. The van der Waals surface area contributed by atoms with Crippen LogP contribution in [0.5, 0.6) is 0 Å². The van der Waals surface area contributed by atoms with Gasteiger partial charge in [0, 0.05) is 6.42 Å². The summed E-state index contributed by atoms with van der Waals surface area (Å²) in [4.78, 5) is 11.2. The molecule has 3 N–H and O–H groups in total. The molecule has 0 spiro atoms. The largest absolute Gasteiger partial charge is 0.465 e.